The molecule has 3 heteroatoms. The fraction of sp³-hybridized carbons (Fsp3) is 0.941. The van der Waals surface area contributed by atoms with Gasteiger partial charge in [0.25, 0.3) is 0 Å². The van der Waals surface area contributed by atoms with Crippen LogP contribution in [0.25, 0.3) is 0 Å². The normalized spacial score (nSPS) is 34.7. The molecule has 0 aromatic carbocycles. The first kappa shape index (κ1) is 15.8. The van der Waals surface area contributed by atoms with E-state index in [9.17, 15) is 4.79 Å². The van der Waals surface area contributed by atoms with Crippen LogP contribution in [0.3, 0.4) is 0 Å². The second-order valence-electron chi connectivity index (χ2n) is 6.90. The molecule has 0 saturated heterocycles. The number of amides is 1. The van der Waals surface area contributed by atoms with Crippen molar-refractivity contribution in [2.45, 2.75) is 83.2 Å². The van der Waals surface area contributed by atoms with Crippen LogP contribution < -0.4 is 10.6 Å². The molecule has 0 aromatic rings. The lowest BCUT2D eigenvalue weighted by Gasteiger charge is -2.30. The highest BCUT2D eigenvalue weighted by atomic mass is 16.1. The molecule has 116 valence electrons. The van der Waals surface area contributed by atoms with E-state index in [0.29, 0.717) is 23.9 Å². The van der Waals surface area contributed by atoms with Crippen molar-refractivity contribution in [1.82, 2.24) is 10.6 Å². The lowest BCUT2D eigenvalue weighted by Crippen LogP contribution is -2.39. The van der Waals surface area contributed by atoms with Gasteiger partial charge in [0.05, 0.1) is 0 Å². The van der Waals surface area contributed by atoms with E-state index in [2.05, 4.69) is 17.6 Å². The molecule has 20 heavy (non-hydrogen) atoms. The van der Waals surface area contributed by atoms with Crippen LogP contribution in [0.2, 0.25) is 0 Å². The summed E-state index contributed by atoms with van der Waals surface area (Å²) in [6, 6.07) is 1.14. The molecular weight excluding hydrogens is 248 g/mol. The molecule has 0 unspecified atom stereocenters. The second kappa shape index (κ2) is 8.02. The van der Waals surface area contributed by atoms with Crippen molar-refractivity contribution in [2.75, 3.05) is 7.05 Å². The molecule has 0 radical (unpaired) electrons. The highest BCUT2D eigenvalue weighted by molar-refractivity contribution is 5.76. The summed E-state index contributed by atoms with van der Waals surface area (Å²) in [5.74, 6) is 1.82. The Labute approximate surface area is 124 Å². The van der Waals surface area contributed by atoms with E-state index in [1.807, 2.05) is 7.05 Å². The third-order valence-electron chi connectivity index (χ3n) is 5.52. The topological polar surface area (TPSA) is 41.1 Å². The number of carbonyl (C=O) groups excluding carboxylic acids is 1. The molecule has 0 bridgehead atoms. The minimum absolute atomic E-state index is 0.304. The van der Waals surface area contributed by atoms with Crippen LogP contribution in [0.5, 0.6) is 0 Å². The first-order chi connectivity index (χ1) is 9.71. The van der Waals surface area contributed by atoms with Gasteiger partial charge in [0.15, 0.2) is 0 Å². The van der Waals surface area contributed by atoms with Gasteiger partial charge in [-0.05, 0) is 70.3 Å². The predicted molar refractivity (Wildman–Crippen MR) is 83.6 cm³/mol. The number of nitrogens with one attached hydrogen (secondary N) is 2. The first-order valence-corrected chi connectivity index (χ1v) is 8.67. The number of carbonyl (C=O) groups is 1. The Morgan fingerprint density at radius 2 is 1.45 bits per heavy atom. The van der Waals surface area contributed by atoms with E-state index in [1.54, 1.807) is 0 Å². The zero-order valence-electron chi connectivity index (χ0n) is 13.3. The van der Waals surface area contributed by atoms with Crippen molar-refractivity contribution in [3.05, 3.63) is 0 Å². The Kier molecular flexibility index (Phi) is 6.34. The minimum Gasteiger partial charge on any atom is -0.353 e. The molecule has 0 heterocycles. The number of hydrogen-bond donors (Lipinski definition) is 2. The lowest BCUT2D eigenvalue weighted by molar-refractivity contribution is -0.123. The van der Waals surface area contributed by atoms with Gasteiger partial charge in [-0.3, -0.25) is 4.79 Å². The Balaban J connectivity index is 1.63. The van der Waals surface area contributed by atoms with Crippen LogP contribution in [-0.4, -0.2) is 25.0 Å². The summed E-state index contributed by atoms with van der Waals surface area (Å²) in [5.41, 5.74) is 0. The van der Waals surface area contributed by atoms with Gasteiger partial charge in [-0.15, -0.1) is 0 Å². The zero-order valence-corrected chi connectivity index (χ0v) is 13.3. The summed E-state index contributed by atoms with van der Waals surface area (Å²) in [7, 11) is 2.05. The molecule has 2 saturated carbocycles. The molecule has 0 aliphatic heterocycles. The zero-order chi connectivity index (χ0) is 14.4. The molecule has 3 nitrogen and oxygen atoms in total. The molecule has 2 N–H and O–H groups in total. The highest BCUT2D eigenvalue weighted by Crippen LogP contribution is 2.28. The third kappa shape index (κ3) is 4.76. The van der Waals surface area contributed by atoms with E-state index in [4.69, 9.17) is 0 Å². The van der Waals surface area contributed by atoms with Gasteiger partial charge < -0.3 is 10.6 Å². The van der Waals surface area contributed by atoms with Crippen LogP contribution in [0, 0.1) is 11.8 Å². The average molecular weight is 280 g/mol. The monoisotopic (exact) mass is 280 g/mol. The largest absolute Gasteiger partial charge is 0.353 e. The Morgan fingerprint density at radius 1 is 0.900 bits per heavy atom. The summed E-state index contributed by atoms with van der Waals surface area (Å²) >= 11 is 0. The van der Waals surface area contributed by atoms with Gasteiger partial charge in [0, 0.05) is 18.5 Å². The van der Waals surface area contributed by atoms with Gasteiger partial charge in [0.2, 0.25) is 5.91 Å². The van der Waals surface area contributed by atoms with Gasteiger partial charge >= 0.3 is 0 Å². The fourth-order valence-corrected chi connectivity index (χ4v) is 3.92. The van der Waals surface area contributed by atoms with Crippen molar-refractivity contribution < 1.29 is 4.79 Å². The predicted octanol–water partition coefficient (Wildman–Crippen LogP) is 3.24. The Hall–Kier alpha value is -0.570. The van der Waals surface area contributed by atoms with Crippen molar-refractivity contribution in [3.63, 3.8) is 0 Å². The van der Waals surface area contributed by atoms with E-state index >= 15 is 0 Å². The maximum atomic E-state index is 12.2. The van der Waals surface area contributed by atoms with E-state index in [0.717, 1.165) is 12.3 Å². The van der Waals surface area contributed by atoms with Crippen LogP contribution in [0.4, 0.5) is 0 Å². The van der Waals surface area contributed by atoms with E-state index in [1.165, 1.54) is 57.8 Å². The molecule has 2 aliphatic rings. The average Bonchev–Trinajstić information content (AvgIpc) is 2.49. The molecule has 0 aromatic heterocycles. The SMILES string of the molecule is CCC1CCC(NC(=O)CC2CCC(NC)CC2)CC1. The molecule has 2 aliphatic carbocycles. The highest BCUT2D eigenvalue weighted by Gasteiger charge is 2.25. The Bertz CT molecular complexity index is 261. The summed E-state index contributed by atoms with van der Waals surface area (Å²) in [6.45, 7) is 2.28. The second-order valence-corrected chi connectivity index (χ2v) is 6.90. The summed E-state index contributed by atoms with van der Waals surface area (Å²) in [5, 5.41) is 6.63. The third-order valence-corrected chi connectivity index (χ3v) is 5.52. The van der Waals surface area contributed by atoms with Gasteiger partial charge in [-0.25, -0.2) is 0 Å². The van der Waals surface area contributed by atoms with Crippen LogP contribution >= 0.6 is 0 Å². The lowest BCUT2D eigenvalue weighted by atomic mass is 9.83. The van der Waals surface area contributed by atoms with Crippen LogP contribution in [-0.2, 0) is 4.79 Å². The maximum absolute atomic E-state index is 12.2. The first-order valence-electron chi connectivity index (χ1n) is 8.67. The summed E-state index contributed by atoms with van der Waals surface area (Å²) < 4.78 is 0. The van der Waals surface area contributed by atoms with Gasteiger partial charge in [0.1, 0.15) is 0 Å². The molecule has 0 atom stereocenters. The van der Waals surface area contributed by atoms with Crippen molar-refractivity contribution >= 4 is 5.91 Å². The fourth-order valence-electron chi connectivity index (χ4n) is 3.92. The number of hydrogen-bond acceptors (Lipinski definition) is 2. The van der Waals surface area contributed by atoms with Crippen LogP contribution in [0.1, 0.15) is 71.1 Å². The summed E-state index contributed by atoms with van der Waals surface area (Å²) in [4.78, 5) is 12.2. The molecule has 2 rings (SSSR count). The molecule has 0 spiro atoms. The van der Waals surface area contributed by atoms with E-state index in [-0.39, 0.29) is 0 Å². The minimum atomic E-state index is 0.304. The van der Waals surface area contributed by atoms with E-state index < -0.39 is 0 Å². The molecule has 1 amide bonds. The number of rotatable bonds is 5. The van der Waals surface area contributed by atoms with Crippen molar-refractivity contribution in [2.24, 2.45) is 11.8 Å². The molecular formula is C17H32N2O. The Morgan fingerprint density at radius 3 is 2.00 bits per heavy atom. The maximum Gasteiger partial charge on any atom is 0.220 e. The van der Waals surface area contributed by atoms with Crippen molar-refractivity contribution in [1.29, 1.82) is 0 Å². The van der Waals surface area contributed by atoms with Gasteiger partial charge in [-0.1, -0.05) is 13.3 Å². The van der Waals surface area contributed by atoms with Crippen molar-refractivity contribution in [3.8, 4) is 0 Å². The van der Waals surface area contributed by atoms with Gasteiger partial charge in [-0.2, -0.15) is 0 Å². The standard InChI is InChI=1S/C17H32N2O/c1-3-13-4-10-16(11-5-13)19-17(20)12-14-6-8-15(18-2)9-7-14/h13-16,18H,3-12H2,1-2H3,(H,19,20). The smallest absolute Gasteiger partial charge is 0.220 e. The summed E-state index contributed by atoms with van der Waals surface area (Å²) in [6.07, 6.45) is 11.9. The quantitative estimate of drug-likeness (QED) is 0.811. The molecule has 2 fully saturated rings. The van der Waals surface area contributed by atoms with Crippen LogP contribution in [0.15, 0.2) is 0 Å².